The molecule has 1 aliphatic rings. The van der Waals surface area contributed by atoms with Crippen molar-refractivity contribution in [3.8, 4) is 11.1 Å². The third-order valence-corrected chi connectivity index (χ3v) is 6.76. The van der Waals surface area contributed by atoms with Crippen LogP contribution in [0.1, 0.15) is 60.2 Å². The number of hydrogen-bond donors (Lipinski definition) is 0. The summed E-state index contributed by atoms with van der Waals surface area (Å²) in [4.78, 5) is 16.7. The molecule has 34 heavy (non-hydrogen) atoms. The number of alkyl halides is 3. The number of thiophene rings is 1. The molecule has 182 valence electrons. The first-order chi connectivity index (χ1) is 15.9. The van der Waals surface area contributed by atoms with Gasteiger partial charge in [-0.25, -0.2) is 4.79 Å². The van der Waals surface area contributed by atoms with Crippen LogP contribution >= 0.6 is 11.3 Å². The van der Waals surface area contributed by atoms with Crippen molar-refractivity contribution in [2.45, 2.75) is 65.4 Å². The molecular weight excluding hydrogens is 463 g/mol. The van der Waals surface area contributed by atoms with Crippen molar-refractivity contribution in [3.63, 3.8) is 0 Å². The summed E-state index contributed by atoms with van der Waals surface area (Å²) in [5, 5.41) is 3.80. The fourth-order valence-corrected chi connectivity index (χ4v) is 5.44. The zero-order chi connectivity index (χ0) is 24.8. The van der Waals surface area contributed by atoms with Crippen molar-refractivity contribution >= 4 is 17.4 Å². The molecule has 0 saturated heterocycles. The SMILES string of the molecule is CCn1cc(-c2ccccc2[C@@H]2CN(C(=O)OC(C)(C)C)Cc3sc(C)cc32)c(C(F)(F)F)n1. The van der Waals surface area contributed by atoms with E-state index in [1.165, 1.54) is 10.9 Å². The fraction of sp³-hybridized carbons (Fsp3) is 0.440. The highest BCUT2D eigenvalue weighted by molar-refractivity contribution is 7.12. The Hall–Kier alpha value is -2.81. The van der Waals surface area contributed by atoms with Gasteiger partial charge in [-0.15, -0.1) is 11.3 Å². The van der Waals surface area contributed by atoms with E-state index in [2.05, 4.69) is 11.2 Å². The Morgan fingerprint density at radius 1 is 1.18 bits per heavy atom. The predicted molar refractivity (Wildman–Crippen MR) is 126 cm³/mol. The van der Waals surface area contributed by atoms with E-state index in [1.807, 2.05) is 39.8 Å². The second-order valence-corrected chi connectivity index (χ2v) is 10.8. The Morgan fingerprint density at radius 2 is 1.88 bits per heavy atom. The minimum Gasteiger partial charge on any atom is -0.444 e. The van der Waals surface area contributed by atoms with Crippen molar-refractivity contribution in [1.29, 1.82) is 0 Å². The molecule has 0 unspecified atom stereocenters. The van der Waals surface area contributed by atoms with Gasteiger partial charge >= 0.3 is 12.3 Å². The first-order valence-electron chi connectivity index (χ1n) is 11.2. The summed E-state index contributed by atoms with van der Waals surface area (Å²) in [5.74, 6) is -0.288. The number of carbonyl (C=O) groups is 1. The molecule has 0 fully saturated rings. The number of aromatic nitrogens is 2. The van der Waals surface area contributed by atoms with E-state index in [0.29, 0.717) is 25.2 Å². The Bertz CT molecular complexity index is 1210. The standard InChI is InChI=1S/C25H28F3N3O2S/c1-6-31-13-20(22(29-31)25(26,27)28)17-10-8-7-9-16(17)19-12-30(23(32)33-24(3,4)5)14-21-18(19)11-15(2)34-21/h7-11,13,19H,6,12,14H2,1-5H3/t19-/m0/s1. The molecule has 0 bridgehead atoms. The van der Waals surface area contributed by atoms with Gasteiger partial charge in [0.1, 0.15) is 5.60 Å². The summed E-state index contributed by atoms with van der Waals surface area (Å²) in [6.07, 6.45) is -3.56. The lowest BCUT2D eigenvalue weighted by Gasteiger charge is -2.35. The molecule has 2 aromatic heterocycles. The lowest BCUT2D eigenvalue weighted by molar-refractivity contribution is -0.141. The number of fused-ring (bicyclic) bond motifs is 1. The van der Waals surface area contributed by atoms with Crippen LogP contribution in [0, 0.1) is 6.92 Å². The van der Waals surface area contributed by atoms with E-state index in [4.69, 9.17) is 4.74 Å². The van der Waals surface area contributed by atoms with Crippen LogP contribution in [-0.4, -0.2) is 32.9 Å². The highest BCUT2D eigenvalue weighted by atomic mass is 32.1. The van der Waals surface area contributed by atoms with E-state index in [-0.39, 0.29) is 11.5 Å². The van der Waals surface area contributed by atoms with Gasteiger partial charge in [0, 0.05) is 40.5 Å². The summed E-state index contributed by atoms with van der Waals surface area (Å²) in [7, 11) is 0. The maximum atomic E-state index is 13.9. The van der Waals surface area contributed by atoms with Crippen LogP contribution in [0.3, 0.4) is 0 Å². The first-order valence-corrected chi connectivity index (χ1v) is 12.0. The summed E-state index contributed by atoms with van der Waals surface area (Å²) in [6.45, 7) is 10.3. The van der Waals surface area contributed by atoms with Crippen molar-refractivity contribution in [3.05, 3.63) is 63.1 Å². The molecule has 3 aromatic rings. The monoisotopic (exact) mass is 491 g/mol. The predicted octanol–water partition coefficient (Wildman–Crippen LogP) is 6.84. The summed E-state index contributed by atoms with van der Waals surface area (Å²) in [5.41, 5.74) is 0.755. The molecule has 1 atom stereocenters. The van der Waals surface area contributed by atoms with Crippen LogP contribution in [0.4, 0.5) is 18.0 Å². The van der Waals surface area contributed by atoms with E-state index in [1.54, 1.807) is 35.3 Å². The molecule has 0 N–H and O–H groups in total. The average molecular weight is 492 g/mol. The quantitative estimate of drug-likeness (QED) is 0.403. The minimum atomic E-state index is -4.58. The molecule has 0 saturated carbocycles. The third-order valence-electron chi connectivity index (χ3n) is 5.71. The average Bonchev–Trinajstić information content (AvgIpc) is 3.34. The van der Waals surface area contributed by atoms with Crippen LogP contribution in [-0.2, 0) is 24.0 Å². The van der Waals surface area contributed by atoms with Gasteiger partial charge in [0.2, 0.25) is 0 Å². The van der Waals surface area contributed by atoms with Gasteiger partial charge in [0.25, 0.3) is 0 Å². The van der Waals surface area contributed by atoms with Crippen molar-refractivity contribution in [2.24, 2.45) is 0 Å². The molecule has 9 heteroatoms. The largest absolute Gasteiger partial charge is 0.444 e. The number of halogens is 3. The van der Waals surface area contributed by atoms with Crippen LogP contribution in [0.5, 0.6) is 0 Å². The van der Waals surface area contributed by atoms with Crippen LogP contribution in [0.2, 0.25) is 0 Å². The number of ether oxygens (including phenoxy) is 1. The molecule has 0 aliphatic carbocycles. The van der Waals surface area contributed by atoms with E-state index in [0.717, 1.165) is 20.9 Å². The number of rotatable bonds is 3. The van der Waals surface area contributed by atoms with Gasteiger partial charge < -0.3 is 9.64 Å². The molecule has 0 spiro atoms. The molecule has 1 aromatic carbocycles. The van der Waals surface area contributed by atoms with Gasteiger partial charge in [0.05, 0.1) is 6.54 Å². The van der Waals surface area contributed by atoms with Crippen LogP contribution < -0.4 is 0 Å². The maximum Gasteiger partial charge on any atom is 0.435 e. The fourth-order valence-electron chi connectivity index (χ4n) is 4.32. The van der Waals surface area contributed by atoms with Gasteiger partial charge in [-0.3, -0.25) is 4.68 Å². The molecule has 1 aliphatic heterocycles. The van der Waals surface area contributed by atoms with E-state index < -0.39 is 23.6 Å². The zero-order valence-electron chi connectivity index (χ0n) is 19.9. The van der Waals surface area contributed by atoms with Gasteiger partial charge in [-0.05, 0) is 57.4 Å². The Labute approximate surface area is 201 Å². The molecule has 3 heterocycles. The number of nitrogens with zero attached hydrogens (tertiary/aromatic N) is 3. The van der Waals surface area contributed by atoms with Gasteiger partial charge in [-0.1, -0.05) is 24.3 Å². The van der Waals surface area contributed by atoms with E-state index >= 15 is 0 Å². The van der Waals surface area contributed by atoms with Crippen LogP contribution in [0.25, 0.3) is 11.1 Å². The lowest BCUT2D eigenvalue weighted by Crippen LogP contribution is -2.41. The third kappa shape index (κ3) is 4.85. The lowest BCUT2D eigenvalue weighted by atomic mass is 9.84. The highest BCUT2D eigenvalue weighted by Crippen LogP contribution is 2.44. The zero-order valence-corrected chi connectivity index (χ0v) is 20.7. The summed E-state index contributed by atoms with van der Waals surface area (Å²) >= 11 is 1.60. The normalized spacial score (nSPS) is 16.5. The molecule has 0 radical (unpaired) electrons. The Morgan fingerprint density at radius 3 is 2.53 bits per heavy atom. The number of amides is 1. The molecule has 4 rings (SSSR count). The van der Waals surface area contributed by atoms with E-state index in [9.17, 15) is 18.0 Å². The Balaban J connectivity index is 1.83. The van der Waals surface area contributed by atoms with Gasteiger partial charge in [0.15, 0.2) is 5.69 Å². The van der Waals surface area contributed by atoms with Crippen LogP contribution in [0.15, 0.2) is 36.5 Å². The second-order valence-electron chi connectivity index (χ2n) is 9.48. The smallest absolute Gasteiger partial charge is 0.435 e. The number of hydrogen-bond acceptors (Lipinski definition) is 4. The Kier molecular flexibility index (Phi) is 6.27. The van der Waals surface area contributed by atoms with Crippen molar-refractivity contribution < 1.29 is 22.7 Å². The highest BCUT2D eigenvalue weighted by Gasteiger charge is 2.39. The molecule has 5 nitrogen and oxygen atoms in total. The summed E-state index contributed by atoms with van der Waals surface area (Å²) < 4.78 is 48.6. The van der Waals surface area contributed by atoms with Crippen molar-refractivity contribution in [1.82, 2.24) is 14.7 Å². The minimum absolute atomic E-state index is 0.0489. The maximum absolute atomic E-state index is 13.9. The number of benzene rings is 1. The molecule has 1 amide bonds. The van der Waals surface area contributed by atoms with Crippen molar-refractivity contribution in [2.75, 3.05) is 6.54 Å². The topological polar surface area (TPSA) is 47.4 Å². The van der Waals surface area contributed by atoms with Gasteiger partial charge in [-0.2, -0.15) is 18.3 Å². The number of aryl methyl sites for hydroxylation is 2. The second kappa shape index (κ2) is 8.76. The molecular formula is C25H28F3N3O2S. The first kappa shape index (κ1) is 24.3. The number of carbonyl (C=O) groups excluding carboxylic acids is 1. The summed E-state index contributed by atoms with van der Waals surface area (Å²) in [6, 6.07) is 9.18.